The van der Waals surface area contributed by atoms with Crippen molar-refractivity contribution >= 4 is 23.3 Å². The van der Waals surface area contributed by atoms with E-state index in [1.807, 2.05) is 0 Å². The summed E-state index contributed by atoms with van der Waals surface area (Å²) in [5.41, 5.74) is 2.14. The first-order valence-corrected chi connectivity index (χ1v) is 4.91. The highest BCUT2D eigenvalue weighted by Crippen LogP contribution is 2.41. The molecular formula is C14H8F2. The minimum absolute atomic E-state index is 0.274. The number of benzene rings is 1. The maximum Gasteiger partial charge on any atom is 0.139 e. The van der Waals surface area contributed by atoms with Crippen LogP contribution in [0.1, 0.15) is 22.3 Å². The van der Waals surface area contributed by atoms with Crippen LogP contribution in [-0.2, 0) is 0 Å². The van der Waals surface area contributed by atoms with Crippen LogP contribution in [0.5, 0.6) is 0 Å². The summed E-state index contributed by atoms with van der Waals surface area (Å²) in [6.07, 6.45) is 6.36. The maximum absolute atomic E-state index is 14.1. The predicted octanol–water partition coefficient (Wildman–Crippen LogP) is 4.04. The zero-order chi connectivity index (χ0) is 11.4. The molecule has 0 aromatic heterocycles. The van der Waals surface area contributed by atoms with Crippen molar-refractivity contribution in [3.63, 3.8) is 0 Å². The van der Waals surface area contributed by atoms with E-state index in [1.165, 1.54) is 0 Å². The topological polar surface area (TPSA) is 0 Å². The predicted molar refractivity (Wildman–Crippen MR) is 62.5 cm³/mol. The molecule has 3 rings (SSSR count). The van der Waals surface area contributed by atoms with Gasteiger partial charge in [-0.2, -0.15) is 0 Å². The number of hydrogen-bond acceptors (Lipinski definition) is 0. The molecule has 2 heteroatoms. The molecule has 0 heterocycles. The van der Waals surface area contributed by atoms with E-state index >= 15 is 0 Å². The molecule has 0 spiro atoms. The third-order valence-electron chi connectivity index (χ3n) is 3.00. The van der Waals surface area contributed by atoms with Gasteiger partial charge in [-0.3, -0.25) is 0 Å². The van der Waals surface area contributed by atoms with Gasteiger partial charge in [-0.15, -0.1) is 0 Å². The summed E-state index contributed by atoms with van der Waals surface area (Å²) < 4.78 is 28.2. The third-order valence-corrected chi connectivity index (χ3v) is 3.00. The number of fused-ring (bicyclic) bond motifs is 2. The molecular weight excluding hydrogens is 206 g/mol. The van der Waals surface area contributed by atoms with Gasteiger partial charge in [-0.1, -0.05) is 37.5 Å². The van der Waals surface area contributed by atoms with Crippen LogP contribution in [0.15, 0.2) is 25.3 Å². The van der Waals surface area contributed by atoms with Gasteiger partial charge in [0, 0.05) is 22.3 Å². The van der Waals surface area contributed by atoms with Crippen LogP contribution >= 0.6 is 0 Å². The summed E-state index contributed by atoms with van der Waals surface area (Å²) in [4.78, 5) is 0. The van der Waals surface area contributed by atoms with Gasteiger partial charge in [0.05, 0.1) is 0 Å². The number of allylic oxidation sites excluding steroid dienone is 4. The second-order valence-electron chi connectivity index (χ2n) is 3.92. The van der Waals surface area contributed by atoms with Crippen LogP contribution in [0.3, 0.4) is 0 Å². The zero-order valence-corrected chi connectivity index (χ0v) is 8.48. The Balaban J connectivity index is 2.48. The Hall–Kier alpha value is -1.96. The Kier molecular flexibility index (Phi) is 1.62. The number of hydrogen-bond donors (Lipinski definition) is 0. The smallest absolute Gasteiger partial charge is 0.139 e. The van der Waals surface area contributed by atoms with Crippen molar-refractivity contribution in [2.75, 3.05) is 0 Å². The molecule has 0 N–H and O–H groups in total. The Bertz CT molecular complexity index is 561. The largest absolute Gasteiger partial charge is 0.206 e. The number of halogens is 2. The highest BCUT2D eigenvalue weighted by molar-refractivity contribution is 5.96. The van der Waals surface area contributed by atoms with Crippen LogP contribution in [-0.4, -0.2) is 0 Å². The lowest BCUT2D eigenvalue weighted by atomic mass is 9.96. The molecule has 16 heavy (non-hydrogen) atoms. The van der Waals surface area contributed by atoms with Crippen molar-refractivity contribution in [3.8, 4) is 0 Å². The van der Waals surface area contributed by atoms with Gasteiger partial charge < -0.3 is 0 Å². The standard InChI is InChI=1S/C14H8F2/c1-7-3-5-9-11(7)13(15)10-6-4-8(2)12(10)14(9)16/h3-6H,1-2H2. The Morgan fingerprint density at radius 1 is 0.688 bits per heavy atom. The molecule has 0 radical (unpaired) electrons. The van der Waals surface area contributed by atoms with E-state index in [0.29, 0.717) is 11.1 Å². The van der Waals surface area contributed by atoms with Gasteiger partial charge in [0.2, 0.25) is 0 Å². The van der Waals surface area contributed by atoms with E-state index < -0.39 is 11.6 Å². The molecule has 1 aromatic carbocycles. The van der Waals surface area contributed by atoms with Gasteiger partial charge in [-0.05, 0) is 11.1 Å². The monoisotopic (exact) mass is 214 g/mol. The van der Waals surface area contributed by atoms with E-state index in [-0.39, 0.29) is 22.3 Å². The van der Waals surface area contributed by atoms with E-state index in [9.17, 15) is 8.78 Å². The summed E-state index contributed by atoms with van der Waals surface area (Å²) in [5.74, 6) is -0.812. The van der Waals surface area contributed by atoms with E-state index in [4.69, 9.17) is 0 Å². The molecule has 0 saturated heterocycles. The van der Waals surface area contributed by atoms with E-state index in [2.05, 4.69) is 13.2 Å². The van der Waals surface area contributed by atoms with E-state index in [0.717, 1.165) is 0 Å². The van der Waals surface area contributed by atoms with Crippen molar-refractivity contribution < 1.29 is 8.78 Å². The first kappa shape index (κ1) is 9.28. The summed E-state index contributed by atoms with van der Waals surface area (Å²) in [5, 5.41) is 0. The second-order valence-corrected chi connectivity index (χ2v) is 3.92. The van der Waals surface area contributed by atoms with Gasteiger partial charge in [-0.25, -0.2) is 8.78 Å². The average Bonchev–Trinajstić information content (AvgIpc) is 2.80. The van der Waals surface area contributed by atoms with Crippen molar-refractivity contribution in [2.45, 2.75) is 0 Å². The van der Waals surface area contributed by atoms with Crippen molar-refractivity contribution in [1.29, 1.82) is 0 Å². The molecule has 0 amide bonds. The molecule has 2 aliphatic carbocycles. The Labute approximate surface area is 91.9 Å². The normalized spacial score (nSPS) is 15.9. The fourth-order valence-electron chi connectivity index (χ4n) is 2.20. The molecule has 0 bridgehead atoms. The summed E-state index contributed by atoms with van der Waals surface area (Å²) in [7, 11) is 0. The molecule has 0 fully saturated rings. The summed E-state index contributed by atoms with van der Waals surface area (Å²) in [6.45, 7) is 7.40. The fraction of sp³-hybridized carbons (Fsp3) is 0. The van der Waals surface area contributed by atoms with Gasteiger partial charge >= 0.3 is 0 Å². The first-order valence-electron chi connectivity index (χ1n) is 4.91. The van der Waals surface area contributed by atoms with Crippen molar-refractivity contribution in [1.82, 2.24) is 0 Å². The van der Waals surface area contributed by atoms with Crippen LogP contribution in [0, 0.1) is 11.6 Å². The highest BCUT2D eigenvalue weighted by Gasteiger charge is 2.28. The molecule has 0 atom stereocenters. The molecule has 0 unspecified atom stereocenters. The van der Waals surface area contributed by atoms with Crippen molar-refractivity contribution in [3.05, 3.63) is 59.2 Å². The quantitative estimate of drug-likeness (QED) is 0.611. The second kappa shape index (κ2) is 2.79. The fourth-order valence-corrected chi connectivity index (χ4v) is 2.20. The van der Waals surface area contributed by atoms with Crippen LogP contribution in [0.4, 0.5) is 8.78 Å². The summed E-state index contributed by atoms with van der Waals surface area (Å²) >= 11 is 0. The molecule has 0 nitrogen and oxygen atoms in total. The average molecular weight is 214 g/mol. The van der Waals surface area contributed by atoms with Gasteiger partial charge in [0.25, 0.3) is 0 Å². The lowest BCUT2D eigenvalue weighted by Crippen LogP contribution is -2.00. The van der Waals surface area contributed by atoms with Crippen LogP contribution in [0.25, 0.3) is 23.3 Å². The Morgan fingerprint density at radius 2 is 1.06 bits per heavy atom. The van der Waals surface area contributed by atoms with Gasteiger partial charge in [0.15, 0.2) is 0 Å². The van der Waals surface area contributed by atoms with Crippen molar-refractivity contribution in [2.24, 2.45) is 0 Å². The van der Waals surface area contributed by atoms with E-state index in [1.54, 1.807) is 24.3 Å². The molecule has 0 aliphatic heterocycles. The molecule has 2 aliphatic rings. The maximum atomic E-state index is 14.1. The highest BCUT2D eigenvalue weighted by atomic mass is 19.1. The SMILES string of the molecule is C=C1C=Cc2c(F)c3c(c(F)c21)C=CC3=C. The molecule has 78 valence electrons. The Morgan fingerprint density at radius 3 is 1.44 bits per heavy atom. The van der Waals surface area contributed by atoms with Crippen LogP contribution in [0.2, 0.25) is 0 Å². The lowest BCUT2D eigenvalue weighted by Gasteiger charge is -2.10. The third kappa shape index (κ3) is 0.915. The summed E-state index contributed by atoms with van der Waals surface area (Å²) in [6, 6.07) is 0. The number of rotatable bonds is 0. The minimum Gasteiger partial charge on any atom is -0.206 e. The van der Waals surface area contributed by atoms with Gasteiger partial charge in [0.1, 0.15) is 11.6 Å². The first-order chi connectivity index (χ1) is 7.61. The molecule has 0 saturated carbocycles. The van der Waals surface area contributed by atoms with Crippen LogP contribution < -0.4 is 0 Å². The minimum atomic E-state index is -0.406. The lowest BCUT2D eigenvalue weighted by molar-refractivity contribution is 0.591. The molecule has 1 aromatic rings. The zero-order valence-electron chi connectivity index (χ0n) is 8.48.